The van der Waals surface area contributed by atoms with E-state index < -0.39 is 0 Å². The van der Waals surface area contributed by atoms with Crippen LogP contribution in [0.15, 0.2) is 4.42 Å². The van der Waals surface area contributed by atoms with Crippen molar-refractivity contribution in [2.24, 2.45) is 5.92 Å². The van der Waals surface area contributed by atoms with E-state index in [1.807, 2.05) is 4.90 Å². The maximum absolute atomic E-state index is 12.3. The Balaban J connectivity index is 0.00000161. The van der Waals surface area contributed by atoms with Crippen LogP contribution in [0, 0.1) is 5.92 Å². The second-order valence-corrected chi connectivity index (χ2v) is 5.54. The Hall–Kier alpha value is -1.11. The van der Waals surface area contributed by atoms with Crippen molar-refractivity contribution >= 4 is 18.3 Å². The molecule has 1 aromatic rings. The summed E-state index contributed by atoms with van der Waals surface area (Å²) < 4.78 is 10.6. The first-order valence-corrected chi connectivity index (χ1v) is 7.21. The number of nitrogens with zero attached hydrogens (tertiary/aromatic N) is 2. The summed E-state index contributed by atoms with van der Waals surface area (Å²) in [6.07, 6.45) is 2.50. The van der Waals surface area contributed by atoms with E-state index >= 15 is 0 Å². The summed E-state index contributed by atoms with van der Waals surface area (Å²) in [6.45, 7) is 3.68. The lowest BCUT2D eigenvalue weighted by Gasteiger charge is -2.26. The summed E-state index contributed by atoms with van der Waals surface area (Å²) >= 11 is 0. The third-order valence-corrected chi connectivity index (χ3v) is 4.02. The number of amides is 1. The number of oxazole rings is 1. The maximum atomic E-state index is 12.3. The zero-order valence-corrected chi connectivity index (χ0v) is 13.1. The molecule has 0 aliphatic carbocycles. The van der Waals surface area contributed by atoms with Crippen molar-refractivity contribution in [3.05, 3.63) is 17.3 Å². The van der Waals surface area contributed by atoms with Gasteiger partial charge in [-0.1, -0.05) is 0 Å². The van der Waals surface area contributed by atoms with Gasteiger partial charge in [-0.05, 0) is 25.4 Å². The van der Waals surface area contributed by atoms with Crippen LogP contribution in [-0.2, 0) is 29.1 Å². The molecule has 118 valence electrons. The molecule has 0 radical (unpaired) electrons. The lowest BCUT2D eigenvalue weighted by molar-refractivity contribution is -0.133. The second kappa shape index (κ2) is 7.24. The van der Waals surface area contributed by atoms with Crippen molar-refractivity contribution in [2.45, 2.75) is 32.4 Å². The molecule has 0 aromatic carbocycles. The maximum Gasteiger partial charge on any atom is 0.223 e. The van der Waals surface area contributed by atoms with Gasteiger partial charge in [0.2, 0.25) is 11.8 Å². The van der Waals surface area contributed by atoms with Crippen LogP contribution in [0.5, 0.6) is 0 Å². The number of carbonyl (C=O) groups is 1. The Morgan fingerprint density at radius 1 is 1.57 bits per heavy atom. The molecule has 0 saturated carbocycles. The van der Waals surface area contributed by atoms with Crippen molar-refractivity contribution in [3.8, 4) is 0 Å². The standard InChI is InChI=1S/C14H21N3O3.ClH/c1-19-9-13-16-11-8-17(5-3-12(11)20-13)14(18)6-10-2-4-15-7-10;/h10,15H,2-9H2,1H3;1H. The van der Waals surface area contributed by atoms with E-state index in [-0.39, 0.29) is 18.3 Å². The molecule has 0 bridgehead atoms. The highest BCUT2D eigenvalue weighted by atomic mass is 35.5. The van der Waals surface area contributed by atoms with Crippen LogP contribution < -0.4 is 5.32 Å². The zero-order chi connectivity index (χ0) is 13.9. The van der Waals surface area contributed by atoms with Crippen molar-refractivity contribution in [3.63, 3.8) is 0 Å². The smallest absolute Gasteiger partial charge is 0.223 e. The van der Waals surface area contributed by atoms with Crippen LogP contribution in [-0.4, -0.2) is 42.5 Å². The zero-order valence-electron chi connectivity index (χ0n) is 12.3. The first-order valence-electron chi connectivity index (χ1n) is 7.21. The van der Waals surface area contributed by atoms with Crippen molar-refractivity contribution in [2.75, 3.05) is 26.7 Å². The molecule has 1 unspecified atom stereocenters. The molecule has 7 heteroatoms. The van der Waals surface area contributed by atoms with Gasteiger partial charge in [0.25, 0.3) is 0 Å². The number of aromatic nitrogens is 1. The highest BCUT2D eigenvalue weighted by molar-refractivity contribution is 5.85. The van der Waals surface area contributed by atoms with Crippen LogP contribution in [0.4, 0.5) is 0 Å². The van der Waals surface area contributed by atoms with Gasteiger partial charge in [0, 0.05) is 26.5 Å². The fraction of sp³-hybridized carbons (Fsp3) is 0.714. The fourth-order valence-electron chi connectivity index (χ4n) is 2.91. The molecule has 1 aromatic heterocycles. The van der Waals surface area contributed by atoms with E-state index in [1.54, 1.807) is 7.11 Å². The molecule has 21 heavy (non-hydrogen) atoms. The van der Waals surface area contributed by atoms with Crippen LogP contribution in [0.1, 0.15) is 30.2 Å². The van der Waals surface area contributed by atoms with Gasteiger partial charge in [-0.15, -0.1) is 12.4 Å². The summed E-state index contributed by atoms with van der Waals surface area (Å²) in [5.41, 5.74) is 0.890. The summed E-state index contributed by atoms with van der Waals surface area (Å²) in [5, 5.41) is 3.30. The molecule has 6 nitrogen and oxygen atoms in total. The van der Waals surface area contributed by atoms with Crippen molar-refractivity contribution < 1.29 is 13.9 Å². The third-order valence-electron chi connectivity index (χ3n) is 4.02. The first-order chi connectivity index (χ1) is 9.76. The van der Waals surface area contributed by atoms with Gasteiger partial charge in [0.15, 0.2) is 0 Å². The van der Waals surface area contributed by atoms with E-state index in [2.05, 4.69) is 10.3 Å². The number of rotatable bonds is 4. The van der Waals surface area contributed by atoms with Crippen LogP contribution in [0.2, 0.25) is 0 Å². The predicted octanol–water partition coefficient (Wildman–Crippen LogP) is 1.13. The highest BCUT2D eigenvalue weighted by Crippen LogP contribution is 2.22. The van der Waals surface area contributed by atoms with Gasteiger partial charge in [-0.2, -0.15) is 0 Å². The molecule has 2 aliphatic heterocycles. The fourth-order valence-corrected chi connectivity index (χ4v) is 2.91. The lowest BCUT2D eigenvalue weighted by atomic mass is 10.0. The molecule has 3 heterocycles. The Labute approximate surface area is 130 Å². The van der Waals surface area contributed by atoms with Gasteiger partial charge in [0.05, 0.1) is 6.54 Å². The number of hydrogen-bond acceptors (Lipinski definition) is 5. The molecule has 1 atom stereocenters. The number of carbonyl (C=O) groups excluding carboxylic acids is 1. The summed E-state index contributed by atoms with van der Waals surface area (Å²) in [5.74, 6) is 2.24. The Bertz CT molecular complexity index is 486. The Kier molecular flexibility index (Phi) is 5.61. The topological polar surface area (TPSA) is 67.6 Å². The second-order valence-electron chi connectivity index (χ2n) is 5.54. The highest BCUT2D eigenvalue weighted by Gasteiger charge is 2.27. The predicted molar refractivity (Wildman–Crippen MR) is 79.2 cm³/mol. The number of methoxy groups -OCH3 is 1. The van der Waals surface area contributed by atoms with Crippen LogP contribution >= 0.6 is 12.4 Å². The average Bonchev–Trinajstić information content (AvgIpc) is 3.06. The van der Waals surface area contributed by atoms with Gasteiger partial charge < -0.3 is 19.4 Å². The van der Waals surface area contributed by atoms with E-state index in [4.69, 9.17) is 9.15 Å². The normalized spacial score (nSPS) is 21.0. The molecule has 2 aliphatic rings. The van der Waals surface area contributed by atoms with E-state index in [1.165, 1.54) is 0 Å². The number of halogens is 1. The molecule has 1 amide bonds. The van der Waals surface area contributed by atoms with Crippen LogP contribution in [0.25, 0.3) is 0 Å². The minimum absolute atomic E-state index is 0. The number of fused-ring (bicyclic) bond motifs is 1. The molecular formula is C14H22ClN3O3. The van der Waals surface area contributed by atoms with Gasteiger partial charge in [0.1, 0.15) is 18.1 Å². The number of ether oxygens (including phenoxy) is 1. The molecule has 1 fully saturated rings. The number of nitrogens with one attached hydrogen (secondary N) is 1. The monoisotopic (exact) mass is 315 g/mol. The van der Waals surface area contributed by atoms with Gasteiger partial charge >= 0.3 is 0 Å². The minimum Gasteiger partial charge on any atom is -0.443 e. The summed E-state index contributed by atoms with van der Waals surface area (Å²) in [6, 6.07) is 0. The summed E-state index contributed by atoms with van der Waals surface area (Å²) in [7, 11) is 1.62. The largest absolute Gasteiger partial charge is 0.443 e. The molecule has 1 saturated heterocycles. The van der Waals surface area contributed by atoms with Gasteiger partial charge in [-0.25, -0.2) is 4.98 Å². The number of hydrogen-bond donors (Lipinski definition) is 1. The Morgan fingerprint density at radius 3 is 3.14 bits per heavy atom. The van der Waals surface area contributed by atoms with Crippen LogP contribution in [0.3, 0.4) is 0 Å². The van der Waals surface area contributed by atoms with Gasteiger partial charge in [-0.3, -0.25) is 4.79 Å². The lowest BCUT2D eigenvalue weighted by Crippen LogP contribution is -2.36. The molecule has 0 spiro atoms. The van der Waals surface area contributed by atoms with E-state index in [0.717, 1.165) is 43.9 Å². The van der Waals surface area contributed by atoms with Crippen molar-refractivity contribution in [1.82, 2.24) is 15.2 Å². The van der Waals surface area contributed by atoms with E-state index in [9.17, 15) is 4.79 Å². The molecule has 3 rings (SSSR count). The average molecular weight is 316 g/mol. The minimum atomic E-state index is 0. The molecule has 1 N–H and O–H groups in total. The first kappa shape index (κ1) is 16.3. The SMILES string of the molecule is COCc1nc2c(o1)CCN(C(=O)CC1CCNC1)C2.Cl. The van der Waals surface area contributed by atoms with E-state index in [0.29, 0.717) is 31.4 Å². The summed E-state index contributed by atoms with van der Waals surface area (Å²) in [4.78, 5) is 18.6. The Morgan fingerprint density at radius 2 is 2.43 bits per heavy atom. The quantitative estimate of drug-likeness (QED) is 0.902. The van der Waals surface area contributed by atoms with Crippen molar-refractivity contribution in [1.29, 1.82) is 0 Å². The third kappa shape index (κ3) is 3.75. The molecular weight excluding hydrogens is 294 g/mol.